The predicted molar refractivity (Wildman–Crippen MR) is 87.4 cm³/mol. The van der Waals surface area contributed by atoms with Gasteiger partial charge in [-0.2, -0.15) is 11.8 Å². The van der Waals surface area contributed by atoms with Gasteiger partial charge in [0.2, 0.25) is 0 Å². The van der Waals surface area contributed by atoms with Gasteiger partial charge in [0.25, 0.3) is 5.91 Å². The van der Waals surface area contributed by atoms with Crippen LogP contribution < -0.4 is 5.32 Å². The van der Waals surface area contributed by atoms with Crippen molar-refractivity contribution in [3.63, 3.8) is 0 Å². The lowest BCUT2D eigenvalue weighted by molar-refractivity contribution is -0.132. The van der Waals surface area contributed by atoms with Crippen molar-refractivity contribution in [2.75, 3.05) is 37.7 Å². The summed E-state index contributed by atoms with van der Waals surface area (Å²) in [6.45, 7) is 6.01. The molecule has 4 unspecified atom stereocenters. The Morgan fingerprint density at radius 3 is 2.65 bits per heavy atom. The molecule has 0 aromatic heterocycles. The Kier molecular flexibility index (Phi) is 4.87. The zero-order valence-corrected chi connectivity index (χ0v) is 14.5. The van der Waals surface area contributed by atoms with Crippen LogP contribution in [0.15, 0.2) is 0 Å². The Bertz CT molecular complexity index is 473. The molecular weight excluding hydrogens is 318 g/mol. The lowest BCUT2D eigenvalue weighted by Gasteiger charge is -2.36. The molecule has 0 aromatic rings. The number of hydrogen-bond acceptors (Lipinski definition) is 6. The number of imide groups is 1. The van der Waals surface area contributed by atoms with Gasteiger partial charge in [-0.05, 0) is 26.0 Å². The van der Waals surface area contributed by atoms with Gasteiger partial charge in [0.05, 0.1) is 24.9 Å². The van der Waals surface area contributed by atoms with Crippen LogP contribution in [0.2, 0.25) is 0 Å². The maximum absolute atomic E-state index is 12.6. The van der Waals surface area contributed by atoms with Crippen molar-refractivity contribution in [1.29, 1.82) is 0 Å². The van der Waals surface area contributed by atoms with Crippen molar-refractivity contribution in [2.45, 2.75) is 44.1 Å². The fourth-order valence-electron chi connectivity index (χ4n) is 3.67. The highest BCUT2D eigenvalue weighted by molar-refractivity contribution is 7.99. The maximum Gasteiger partial charge on any atom is 0.325 e. The summed E-state index contributed by atoms with van der Waals surface area (Å²) in [7, 11) is 0. The normalized spacial score (nSPS) is 36.7. The minimum absolute atomic E-state index is 0.0528. The van der Waals surface area contributed by atoms with Crippen LogP contribution in [0.1, 0.15) is 20.3 Å². The van der Waals surface area contributed by atoms with Gasteiger partial charge in [0, 0.05) is 25.4 Å². The van der Waals surface area contributed by atoms with Gasteiger partial charge in [-0.1, -0.05) is 0 Å². The number of β-amino-alcohol motifs (C(OH)–C–C–N with tert-alkyl or cyclic N) is 1. The van der Waals surface area contributed by atoms with E-state index in [1.165, 1.54) is 4.90 Å². The van der Waals surface area contributed by atoms with Crippen LogP contribution in [0.25, 0.3) is 0 Å². The first kappa shape index (κ1) is 17.0. The molecule has 0 radical (unpaired) electrons. The number of hydrogen-bond donors (Lipinski definition) is 2. The van der Waals surface area contributed by atoms with E-state index in [0.29, 0.717) is 18.7 Å². The average molecular weight is 343 g/mol. The summed E-state index contributed by atoms with van der Waals surface area (Å²) in [4.78, 5) is 28.0. The number of carbonyl (C=O) groups is 2. The second-order valence-corrected chi connectivity index (χ2v) is 7.97. The van der Waals surface area contributed by atoms with Gasteiger partial charge in [0.1, 0.15) is 5.54 Å². The molecule has 7 nitrogen and oxygen atoms in total. The highest BCUT2D eigenvalue weighted by atomic mass is 32.2. The van der Waals surface area contributed by atoms with Crippen molar-refractivity contribution in [2.24, 2.45) is 0 Å². The van der Waals surface area contributed by atoms with Gasteiger partial charge in [-0.3, -0.25) is 14.6 Å². The maximum atomic E-state index is 12.6. The molecule has 8 heteroatoms. The van der Waals surface area contributed by atoms with Crippen LogP contribution >= 0.6 is 11.8 Å². The van der Waals surface area contributed by atoms with E-state index in [1.807, 2.05) is 13.8 Å². The third-order valence-electron chi connectivity index (χ3n) is 4.63. The monoisotopic (exact) mass is 343 g/mol. The van der Waals surface area contributed by atoms with Crippen molar-refractivity contribution < 1.29 is 19.4 Å². The summed E-state index contributed by atoms with van der Waals surface area (Å²) in [5.41, 5.74) is -0.733. The largest absolute Gasteiger partial charge is 0.390 e. The van der Waals surface area contributed by atoms with Gasteiger partial charge in [0.15, 0.2) is 0 Å². The second-order valence-electron chi connectivity index (χ2n) is 6.86. The molecule has 2 N–H and O–H groups in total. The van der Waals surface area contributed by atoms with Crippen molar-refractivity contribution >= 4 is 23.7 Å². The van der Waals surface area contributed by atoms with Crippen LogP contribution in [0.4, 0.5) is 4.79 Å². The Balaban J connectivity index is 1.56. The van der Waals surface area contributed by atoms with E-state index in [4.69, 9.17) is 4.74 Å². The number of rotatable bonds is 4. The van der Waals surface area contributed by atoms with Crippen molar-refractivity contribution in [3.8, 4) is 0 Å². The summed E-state index contributed by atoms with van der Waals surface area (Å²) >= 11 is 1.68. The fraction of sp³-hybridized carbons (Fsp3) is 0.867. The molecule has 3 rings (SSSR count). The molecule has 0 bridgehead atoms. The highest BCUT2D eigenvalue weighted by Crippen LogP contribution is 2.33. The summed E-state index contributed by atoms with van der Waals surface area (Å²) < 4.78 is 5.67. The number of urea groups is 1. The van der Waals surface area contributed by atoms with Gasteiger partial charge in [-0.15, -0.1) is 0 Å². The van der Waals surface area contributed by atoms with E-state index in [2.05, 4.69) is 10.2 Å². The molecule has 0 saturated carbocycles. The topological polar surface area (TPSA) is 82.1 Å². The van der Waals surface area contributed by atoms with Crippen LogP contribution in [0.5, 0.6) is 0 Å². The Morgan fingerprint density at radius 2 is 2.04 bits per heavy atom. The molecule has 3 heterocycles. The first-order valence-corrected chi connectivity index (χ1v) is 9.33. The van der Waals surface area contributed by atoms with E-state index >= 15 is 0 Å². The number of ether oxygens (including phenoxy) is 1. The summed E-state index contributed by atoms with van der Waals surface area (Å²) in [5.74, 6) is 1.32. The van der Waals surface area contributed by atoms with E-state index in [9.17, 15) is 14.7 Å². The highest BCUT2D eigenvalue weighted by Gasteiger charge is 2.53. The van der Waals surface area contributed by atoms with E-state index in [0.717, 1.165) is 18.8 Å². The fourth-order valence-corrected chi connectivity index (χ4v) is 5.00. The lowest BCUT2D eigenvalue weighted by atomic mass is 9.99. The van der Waals surface area contributed by atoms with E-state index in [1.54, 1.807) is 11.8 Å². The van der Waals surface area contributed by atoms with Crippen LogP contribution in [-0.2, 0) is 9.53 Å². The van der Waals surface area contributed by atoms with Crippen LogP contribution in [0.3, 0.4) is 0 Å². The van der Waals surface area contributed by atoms with Crippen molar-refractivity contribution in [1.82, 2.24) is 15.1 Å². The summed E-state index contributed by atoms with van der Waals surface area (Å²) in [6.07, 6.45) is 0.183. The summed E-state index contributed by atoms with van der Waals surface area (Å²) in [6, 6.07) is -0.375. The molecular formula is C15H25N3O4S. The number of amides is 3. The number of nitrogens with zero attached hydrogens (tertiary/aromatic N) is 2. The molecule has 0 aliphatic carbocycles. The molecule has 3 fully saturated rings. The third-order valence-corrected chi connectivity index (χ3v) is 5.81. The predicted octanol–water partition coefficient (Wildman–Crippen LogP) is -0.116. The van der Waals surface area contributed by atoms with Crippen LogP contribution in [-0.4, -0.2) is 88.4 Å². The van der Waals surface area contributed by atoms with Crippen molar-refractivity contribution in [3.05, 3.63) is 0 Å². The van der Waals surface area contributed by atoms with Gasteiger partial charge >= 0.3 is 6.03 Å². The van der Waals surface area contributed by atoms with Crippen LogP contribution in [0, 0.1) is 0 Å². The van der Waals surface area contributed by atoms with Gasteiger partial charge < -0.3 is 15.2 Å². The lowest BCUT2D eigenvalue weighted by Crippen LogP contribution is -2.51. The second kappa shape index (κ2) is 6.58. The molecule has 3 aliphatic heterocycles. The molecule has 3 saturated heterocycles. The Morgan fingerprint density at radius 1 is 1.35 bits per heavy atom. The first-order valence-electron chi connectivity index (χ1n) is 8.17. The quantitative estimate of drug-likeness (QED) is 0.693. The SMILES string of the molecule is CC1CN(CC(O)CN2C(=O)NC3(CCSC3)C2=O)CC(C)O1. The molecule has 1 spiro atoms. The number of aliphatic hydroxyl groups is 1. The molecule has 3 aliphatic rings. The molecule has 23 heavy (non-hydrogen) atoms. The number of nitrogens with one attached hydrogen (secondary N) is 1. The van der Waals surface area contributed by atoms with E-state index < -0.39 is 11.6 Å². The van der Waals surface area contributed by atoms with Gasteiger partial charge in [-0.25, -0.2) is 4.79 Å². The standard InChI is InChI=1S/C15H25N3O4S/c1-10-5-17(6-11(2)22-10)7-12(19)8-18-13(20)15(16-14(18)21)3-4-23-9-15/h10-12,19H,3-9H2,1-2H3,(H,16,21). The molecule has 3 amide bonds. The average Bonchev–Trinajstić information content (AvgIpc) is 2.99. The Labute approximate surface area is 140 Å². The smallest absolute Gasteiger partial charge is 0.325 e. The minimum atomic E-state index is -0.744. The van der Waals surface area contributed by atoms with E-state index in [-0.39, 0.29) is 30.7 Å². The number of morpholine rings is 1. The number of carbonyl (C=O) groups excluding carboxylic acids is 2. The minimum Gasteiger partial charge on any atom is -0.390 e. The zero-order chi connectivity index (χ0) is 16.6. The molecule has 0 aromatic carbocycles. The molecule has 130 valence electrons. The summed E-state index contributed by atoms with van der Waals surface area (Å²) in [5, 5.41) is 13.2. The number of thioether (sulfide) groups is 1. The molecule has 4 atom stereocenters. The number of aliphatic hydroxyl groups excluding tert-OH is 1. The third kappa shape index (κ3) is 3.50. The zero-order valence-electron chi connectivity index (χ0n) is 13.7. The Hall–Kier alpha value is -0.830. The first-order chi connectivity index (χ1) is 10.9.